The lowest BCUT2D eigenvalue weighted by Crippen LogP contribution is -2.00. The van der Waals surface area contributed by atoms with E-state index in [9.17, 15) is 10.1 Å². The third-order valence-electron chi connectivity index (χ3n) is 3.08. The van der Waals surface area contributed by atoms with Gasteiger partial charge in [0.15, 0.2) is 0 Å². The molecule has 5 heteroatoms. The average Bonchev–Trinajstić information content (AvgIpc) is 2.38. The highest BCUT2D eigenvalue weighted by Gasteiger charge is 2.18. The molecule has 0 radical (unpaired) electrons. The van der Waals surface area contributed by atoms with Crippen molar-refractivity contribution in [1.29, 1.82) is 0 Å². The number of nitrogens with zero attached hydrogens (tertiary/aromatic N) is 1. The summed E-state index contributed by atoms with van der Waals surface area (Å²) in [4.78, 5) is 10.6. The molecule has 0 fully saturated rings. The number of hydrogen-bond donors (Lipinski definition) is 0. The Hall–Kier alpha value is -1.39. The first-order valence-corrected chi connectivity index (χ1v) is 7.41. The van der Waals surface area contributed by atoms with Crippen molar-refractivity contribution in [2.75, 3.05) is 0 Å². The molecule has 0 saturated carbocycles. The first-order chi connectivity index (χ1) is 9.49. The molecule has 0 aliphatic rings. The smallest absolute Gasteiger partial charge is 0.258 e. The molecular formula is C15H13BrClNO2. The minimum Gasteiger partial charge on any atom is -0.258 e. The van der Waals surface area contributed by atoms with Crippen molar-refractivity contribution in [2.24, 2.45) is 0 Å². The van der Waals surface area contributed by atoms with Gasteiger partial charge >= 0.3 is 0 Å². The van der Waals surface area contributed by atoms with Crippen LogP contribution in [0.3, 0.4) is 0 Å². The van der Waals surface area contributed by atoms with Crippen LogP contribution in [-0.2, 0) is 6.42 Å². The number of hydrogen-bond acceptors (Lipinski definition) is 2. The first-order valence-electron chi connectivity index (χ1n) is 6.11. The SMILES string of the molecule is Cc1ccc(C(Br)Cc2ccccc2[N+](=O)[O-])c(Cl)c1. The molecule has 0 aliphatic carbocycles. The van der Waals surface area contributed by atoms with E-state index >= 15 is 0 Å². The van der Waals surface area contributed by atoms with Crippen LogP contribution < -0.4 is 0 Å². The molecule has 1 atom stereocenters. The van der Waals surface area contributed by atoms with Crippen LogP contribution >= 0.6 is 27.5 Å². The number of nitro groups is 1. The number of nitro benzene ring substituents is 1. The molecule has 0 saturated heterocycles. The summed E-state index contributed by atoms with van der Waals surface area (Å²) in [6.07, 6.45) is 0.514. The Balaban J connectivity index is 2.28. The van der Waals surface area contributed by atoms with Crippen molar-refractivity contribution in [2.45, 2.75) is 18.2 Å². The standard InChI is InChI=1S/C15H13BrClNO2/c1-10-6-7-12(14(17)8-10)13(16)9-11-4-2-3-5-15(11)18(19)20/h2-8,13H,9H2,1H3. The molecule has 2 aromatic rings. The van der Waals surface area contributed by atoms with Crippen LogP contribution in [0.2, 0.25) is 5.02 Å². The van der Waals surface area contributed by atoms with Crippen LogP contribution in [0.15, 0.2) is 42.5 Å². The van der Waals surface area contributed by atoms with E-state index in [1.54, 1.807) is 18.2 Å². The largest absolute Gasteiger partial charge is 0.272 e. The van der Waals surface area contributed by atoms with Crippen molar-refractivity contribution >= 4 is 33.2 Å². The van der Waals surface area contributed by atoms with Gasteiger partial charge in [-0.25, -0.2) is 0 Å². The third-order valence-corrected chi connectivity index (χ3v) is 4.23. The van der Waals surface area contributed by atoms with Crippen molar-refractivity contribution in [3.63, 3.8) is 0 Å². The zero-order valence-electron chi connectivity index (χ0n) is 10.8. The maximum absolute atomic E-state index is 11.0. The molecule has 104 valence electrons. The zero-order valence-corrected chi connectivity index (χ0v) is 13.2. The van der Waals surface area contributed by atoms with Crippen LogP contribution in [0.4, 0.5) is 5.69 Å². The lowest BCUT2D eigenvalue weighted by atomic mass is 10.0. The molecule has 0 bridgehead atoms. The molecule has 0 spiro atoms. The summed E-state index contributed by atoms with van der Waals surface area (Å²) < 4.78 is 0. The van der Waals surface area contributed by atoms with E-state index in [4.69, 9.17) is 11.6 Å². The van der Waals surface area contributed by atoms with Crippen molar-refractivity contribution in [3.8, 4) is 0 Å². The molecule has 0 aromatic heterocycles. The second-order valence-electron chi connectivity index (χ2n) is 4.58. The molecule has 20 heavy (non-hydrogen) atoms. The summed E-state index contributed by atoms with van der Waals surface area (Å²) >= 11 is 9.80. The normalized spacial score (nSPS) is 12.2. The molecule has 0 heterocycles. The van der Waals surface area contributed by atoms with Crippen LogP contribution in [-0.4, -0.2) is 4.92 Å². The molecule has 2 aromatic carbocycles. The summed E-state index contributed by atoms with van der Waals surface area (Å²) in [5, 5.41) is 11.7. The summed E-state index contributed by atoms with van der Waals surface area (Å²) in [6, 6.07) is 12.6. The number of halogens is 2. The van der Waals surface area contributed by atoms with Gasteiger partial charge in [0.05, 0.1) is 4.92 Å². The first kappa shape index (κ1) is 15.0. The Bertz CT molecular complexity index is 646. The summed E-state index contributed by atoms with van der Waals surface area (Å²) in [7, 11) is 0. The predicted octanol–water partition coefficient (Wildman–Crippen LogP) is 5.24. The van der Waals surface area contributed by atoms with Gasteiger partial charge in [0, 0.05) is 21.5 Å². The van der Waals surface area contributed by atoms with E-state index in [0.717, 1.165) is 11.1 Å². The Kier molecular flexibility index (Phi) is 4.78. The Morgan fingerprint density at radius 1 is 1.30 bits per heavy atom. The Labute approximate surface area is 130 Å². The molecule has 0 aliphatic heterocycles. The van der Waals surface area contributed by atoms with Crippen molar-refractivity contribution in [3.05, 3.63) is 74.3 Å². The van der Waals surface area contributed by atoms with E-state index in [-0.39, 0.29) is 15.4 Å². The lowest BCUT2D eigenvalue weighted by Gasteiger charge is -2.13. The van der Waals surface area contributed by atoms with Gasteiger partial charge in [-0.1, -0.05) is 57.9 Å². The van der Waals surface area contributed by atoms with Crippen LogP contribution in [0, 0.1) is 17.0 Å². The fourth-order valence-corrected chi connectivity index (χ4v) is 3.30. The fourth-order valence-electron chi connectivity index (χ4n) is 2.05. The number of aryl methyl sites for hydroxylation is 1. The van der Waals surface area contributed by atoms with Gasteiger partial charge < -0.3 is 0 Å². The maximum atomic E-state index is 11.0. The monoisotopic (exact) mass is 353 g/mol. The summed E-state index contributed by atoms with van der Waals surface area (Å²) in [6.45, 7) is 1.97. The van der Waals surface area contributed by atoms with E-state index in [1.165, 1.54) is 6.07 Å². The third kappa shape index (κ3) is 3.38. The maximum Gasteiger partial charge on any atom is 0.272 e. The molecule has 2 rings (SSSR count). The van der Waals surface area contributed by atoms with E-state index in [0.29, 0.717) is 17.0 Å². The topological polar surface area (TPSA) is 43.1 Å². The van der Waals surface area contributed by atoms with Gasteiger partial charge in [0.2, 0.25) is 0 Å². The number of alkyl halides is 1. The van der Waals surface area contributed by atoms with Gasteiger partial charge in [-0.15, -0.1) is 0 Å². The predicted molar refractivity (Wildman–Crippen MR) is 84.7 cm³/mol. The van der Waals surface area contributed by atoms with Gasteiger partial charge in [0.25, 0.3) is 5.69 Å². The summed E-state index contributed by atoms with van der Waals surface area (Å²) in [5.74, 6) is 0. The van der Waals surface area contributed by atoms with Crippen LogP contribution in [0.25, 0.3) is 0 Å². The van der Waals surface area contributed by atoms with Gasteiger partial charge in [0.1, 0.15) is 0 Å². The number of rotatable bonds is 4. The molecule has 1 unspecified atom stereocenters. The lowest BCUT2D eigenvalue weighted by molar-refractivity contribution is -0.385. The highest BCUT2D eigenvalue weighted by Crippen LogP contribution is 2.34. The van der Waals surface area contributed by atoms with E-state index in [1.807, 2.05) is 25.1 Å². The molecule has 0 amide bonds. The quantitative estimate of drug-likeness (QED) is 0.428. The highest BCUT2D eigenvalue weighted by molar-refractivity contribution is 9.09. The van der Waals surface area contributed by atoms with E-state index in [2.05, 4.69) is 15.9 Å². The van der Waals surface area contributed by atoms with Crippen molar-refractivity contribution in [1.82, 2.24) is 0 Å². The Morgan fingerprint density at radius 3 is 2.65 bits per heavy atom. The molecule has 3 nitrogen and oxygen atoms in total. The molecule has 0 N–H and O–H groups in total. The van der Waals surface area contributed by atoms with Crippen molar-refractivity contribution < 1.29 is 4.92 Å². The minimum atomic E-state index is -0.355. The highest BCUT2D eigenvalue weighted by atomic mass is 79.9. The second-order valence-corrected chi connectivity index (χ2v) is 6.09. The zero-order chi connectivity index (χ0) is 14.7. The second kappa shape index (κ2) is 6.37. The van der Waals surface area contributed by atoms with Gasteiger partial charge in [-0.2, -0.15) is 0 Å². The van der Waals surface area contributed by atoms with Gasteiger partial charge in [-0.3, -0.25) is 10.1 Å². The minimum absolute atomic E-state index is 0.0586. The fraction of sp³-hybridized carbons (Fsp3) is 0.200. The molecular weight excluding hydrogens is 342 g/mol. The Morgan fingerprint density at radius 2 is 2.00 bits per heavy atom. The average molecular weight is 355 g/mol. The van der Waals surface area contributed by atoms with Crippen LogP contribution in [0.1, 0.15) is 21.5 Å². The van der Waals surface area contributed by atoms with E-state index < -0.39 is 0 Å². The van der Waals surface area contributed by atoms with Crippen LogP contribution in [0.5, 0.6) is 0 Å². The number of para-hydroxylation sites is 1. The van der Waals surface area contributed by atoms with Gasteiger partial charge in [-0.05, 0) is 30.5 Å². The number of benzene rings is 2. The summed E-state index contributed by atoms with van der Waals surface area (Å²) in [5.41, 5.74) is 2.86.